The van der Waals surface area contributed by atoms with E-state index in [0.29, 0.717) is 5.56 Å². The van der Waals surface area contributed by atoms with E-state index in [4.69, 9.17) is 11.6 Å². The van der Waals surface area contributed by atoms with Crippen molar-refractivity contribution in [2.75, 3.05) is 6.54 Å². The molecule has 1 amide bonds. The van der Waals surface area contributed by atoms with E-state index in [9.17, 15) is 20.0 Å². The number of aliphatic hydroxyl groups is 1. The zero-order valence-corrected chi connectivity index (χ0v) is 16.4. The molecule has 7 heteroatoms. The molecule has 6 nitrogen and oxygen atoms in total. The number of halogens is 1. The summed E-state index contributed by atoms with van der Waals surface area (Å²) in [7, 11) is 0. The third-order valence-corrected chi connectivity index (χ3v) is 4.93. The Morgan fingerprint density at radius 1 is 1.07 bits per heavy atom. The molecule has 3 aromatic rings. The van der Waals surface area contributed by atoms with Gasteiger partial charge in [0.15, 0.2) is 0 Å². The quantitative estimate of drug-likeness (QED) is 0.460. The Hall–Kier alpha value is -3.22. The molecule has 0 aliphatic heterocycles. The van der Waals surface area contributed by atoms with E-state index in [2.05, 4.69) is 5.32 Å². The van der Waals surface area contributed by atoms with E-state index in [1.165, 1.54) is 12.1 Å². The second-order valence-corrected chi connectivity index (χ2v) is 7.23. The lowest BCUT2D eigenvalue weighted by Crippen LogP contribution is -2.38. The van der Waals surface area contributed by atoms with Crippen molar-refractivity contribution >= 4 is 23.2 Å². The third kappa shape index (κ3) is 4.80. The van der Waals surface area contributed by atoms with E-state index < -0.39 is 16.4 Å². The lowest BCUT2D eigenvalue weighted by Gasteiger charge is -2.24. The maximum atomic E-state index is 12.4. The average Bonchev–Trinajstić information content (AvgIpc) is 2.73. The average molecular weight is 411 g/mol. The molecule has 148 valence electrons. The van der Waals surface area contributed by atoms with E-state index >= 15 is 0 Å². The maximum absolute atomic E-state index is 12.4. The Bertz CT molecular complexity index is 1030. The van der Waals surface area contributed by atoms with Gasteiger partial charge in [0, 0.05) is 11.6 Å². The molecule has 0 spiro atoms. The van der Waals surface area contributed by atoms with Crippen LogP contribution in [0.3, 0.4) is 0 Å². The van der Waals surface area contributed by atoms with Gasteiger partial charge in [-0.25, -0.2) is 0 Å². The molecule has 1 unspecified atom stereocenters. The fourth-order valence-corrected chi connectivity index (χ4v) is 3.09. The van der Waals surface area contributed by atoms with Crippen LogP contribution in [0.5, 0.6) is 0 Å². The molecule has 0 bridgehead atoms. The van der Waals surface area contributed by atoms with Crippen LogP contribution in [0.4, 0.5) is 5.69 Å². The van der Waals surface area contributed by atoms with E-state index in [-0.39, 0.29) is 22.8 Å². The van der Waals surface area contributed by atoms with Crippen LogP contribution in [-0.4, -0.2) is 22.5 Å². The van der Waals surface area contributed by atoms with Gasteiger partial charge >= 0.3 is 0 Å². The van der Waals surface area contributed by atoms with Crippen molar-refractivity contribution in [3.63, 3.8) is 0 Å². The van der Waals surface area contributed by atoms with Crippen molar-refractivity contribution in [3.05, 3.63) is 99.1 Å². The summed E-state index contributed by atoms with van der Waals surface area (Å²) in [5, 5.41) is 24.3. The van der Waals surface area contributed by atoms with E-state index in [0.717, 1.165) is 17.2 Å². The van der Waals surface area contributed by atoms with Crippen molar-refractivity contribution in [2.24, 2.45) is 0 Å². The minimum absolute atomic E-state index is 0.0444. The Morgan fingerprint density at radius 2 is 1.69 bits per heavy atom. The number of carbonyl (C=O) groups is 1. The molecule has 3 aromatic carbocycles. The number of nitro benzene ring substituents is 1. The maximum Gasteiger partial charge on any atom is 0.288 e. The monoisotopic (exact) mass is 410 g/mol. The Morgan fingerprint density at radius 3 is 2.31 bits per heavy atom. The Kier molecular flexibility index (Phi) is 5.96. The first kappa shape index (κ1) is 20.5. The first-order valence-electron chi connectivity index (χ1n) is 8.88. The zero-order valence-electron chi connectivity index (χ0n) is 15.6. The number of carbonyl (C=O) groups excluding carboxylic acids is 1. The van der Waals surface area contributed by atoms with Crippen LogP contribution >= 0.6 is 11.6 Å². The van der Waals surface area contributed by atoms with Gasteiger partial charge in [-0.15, -0.1) is 0 Å². The van der Waals surface area contributed by atoms with Gasteiger partial charge in [0.2, 0.25) is 0 Å². The van der Waals surface area contributed by atoms with Gasteiger partial charge in [0.25, 0.3) is 11.6 Å². The predicted molar refractivity (Wildman–Crippen MR) is 112 cm³/mol. The first-order chi connectivity index (χ1) is 13.8. The second kappa shape index (κ2) is 8.43. The van der Waals surface area contributed by atoms with Crippen LogP contribution in [-0.2, 0) is 5.60 Å². The molecular weight excluding hydrogens is 392 g/mol. The molecule has 0 heterocycles. The van der Waals surface area contributed by atoms with E-state index in [1.54, 1.807) is 6.92 Å². The molecule has 0 fully saturated rings. The molecule has 0 aliphatic rings. The highest BCUT2D eigenvalue weighted by atomic mass is 35.5. The standard InChI is InChI=1S/C22H19ClN2O4/c1-22(27,18-10-7-16(8-11-18)15-5-3-2-4-6-15)14-24-21(26)17-9-12-19(23)20(13-17)25(28)29/h2-13,27H,14H2,1H3,(H,24,26). The topological polar surface area (TPSA) is 92.5 Å². The van der Waals surface area contributed by atoms with Gasteiger partial charge in [-0.2, -0.15) is 0 Å². The van der Waals surface area contributed by atoms with Crippen LogP contribution in [0.25, 0.3) is 11.1 Å². The second-order valence-electron chi connectivity index (χ2n) is 6.82. The third-order valence-electron chi connectivity index (χ3n) is 4.61. The molecular formula is C22H19ClN2O4. The number of rotatable bonds is 6. The highest BCUT2D eigenvalue weighted by Gasteiger charge is 2.25. The molecule has 1 atom stereocenters. The smallest absolute Gasteiger partial charge is 0.288 e. The summed E-state index contributed by atoms with van der Waals surface area (Å²) in [6, 6.07) is 21.1. The molecule has 0 aliphatic carbocycles. The van der Waals surface area contributed by atoms with Gasteiger partial charge in [-0.1, -0.05) is 66.2 Å². The number of amides is 1. The van der Waals surface area contributed by atoms with Crippen LogP contribution in [0, 0.1) is 10.1 Å². The van der Waals surface area contributed by atoms with E-state index in [1.807, 2.05) is 54.6 Å². The molecule has 0 saturated heterocycles. The van der Waals surface area contributed by atoms with Crippen molar-refractivity contribution in [2.45, 2.75) is 12.5 Å². The number of nitrogens with zero attached hydrogens (tertiary/aromatic N) is 1. The Labute approximate surface area is 172 Å². The lowest BCUT2D eigenvalue weighted by molar-refractivity contribution is -0.384. The number of nitrogens with one attached hydrogen (secondary N) is 1. The van der Waals surface area contributed by atoms with Crippen LogP contribution in [0.2, 0.25) is 5.02 Å². The SMILES string of the molecule is CC(O)(CNC(=O)c1ccc(Cl)c([N+](=O)[O-])c1)c1ccc(-c2ccccc2)cc1. The molecule has 2 N–H and O–H groups in total. The summed E-state index contributed by atoms with van der Waals surface area (Å²) >= 11 is 5.77. The fourth-order valence-electron chi connectivity index (χ4n) is 2.90. The van der Waals surface area contributed by atoms with Crippen molar-refractivity contribution in [1.82, 2.24) is 5.32 Å². The van der Waals surface area contributed by atoms with Crippen molar-refractivity contribution < 1.29 is 14.8 Å². The normalized spacial score (nSPS) is 12.8. The number of nitro groups is 1. The molecule has 0 saturated carbocycles. The fraction of sp³-hybridized carbons (Fsp3) is 0.136. The minimum Gasteiger partial charge on any atom is -0.384 e. The van der Waals surface area contributed by atoms with Crippen LogP contribution in [0.15, 0.2) is 72.8 Å². The van der Waals surface area contributed by atoms with Crippen molar-refractivity contribution in [1.29, 1.82) is 0 Å². The molecule has 0 aromatic heterocycles. The number of hydrogen-bond acceptors (Lipinski definition) is 4. The summed E-state index contributed by atoms with van der Waals surface area (Å²) in [5.74, 6) is -0.536. The highest BCUT2D eigenvalue weighted by Crippen LogP contribution is 2.26. The van der Waals surface area contributed by atoms with Crippen LogP contribution in [0.1, 0.15) is 22.8 Å². The lowest BCUT2D eigenvalue weighted by atomic mass is 9.93. The highest BCUT2D eigenvalue weighted by molar-refractivity contribution is 6.32. The van der Waals surface area contributed by atoms with Gasteiger partial charge in [-0.3, -0.25) is 14.9 Å². The molecule has 0 radical (unpaired) electrons. The summed E-state index contributed by atoms with van der Waals surface area (Å²) < 4.78 is 0. The minimum atomic E-state index is -1.32. The molecule has 3 rings (SSSR count). The van der Waals surface area contributed by atoms with Crippen LogP contribution < -0.4 is 5.32 Å². The Balaban J connectivity index is 1.70. The summed E-state index contributed by atoms with van der Waals surface area (Å²) in [4.78, 5) is 22.7. The number of benzene rings is 3. The summed E-state index contributed by atoms with van der Waals surface area (Å²) in [6.45, 7) is 1.53. The zero-order chi connectivity index (χ0) is 21.0. The van der Waals surface area contributed by atoms with Crippen molar-refractivity contribution in [3.8, 4) is 11.1 Å². The van der Waals surface area contributed by atoms with Gasteiger partial charge in [-0.05, 0) is 35.7 Å². The summed E-state index contributed by atoms with van der Waals surface area (Å²) in [5.41, 5.74) is 1.15. The summed E-state index contributed by atoms with van der Waals surface area (Å²) in [6.07, 6.45) is 0. The molecule has 29 heavy (non-hydrogen) atoms. The predicted octanol–water partition coefficient (Wildman–Crippen LogP) is 4.55. The van der Waals surface area contributed by atoms with Gasteiger partial charge in [0.05, 0.1) is 11.5 Å². The largest absolute Gasteiger partial charge is 0.384 e. The first-order valence-corrected chi connectivity index (χ1v) is 9.26. The van der Waals surface area contributed by atoms with Gasteiger partial charge < -0.3 is 10.4 Å². The number of hydrogen-bond donors (Lipinski definition) is 2. The van der Waals surface area contributed by atoms with Gasteiger partial charge in [0.1, 0.15) is 10.6 Å².